The highest BCUT2D eigenvalue weighted by Gasteiger charge is 2.13. The fourth-order valence-electron chi connectivity index (χ4n) is 2.13. The second kappa shape index (κ2) is 7.49. The molecule has 6 heteroatoms. The van der Waals surface area contributed by atoms with E-state index in [1.807, 2.05) is 20.2 Å². The first-order valence-corrected chi connectivity index (χ1v) is 8.72. The molecule has 0 fully saturated rings. The van der Waals surface area contributed by atoms with Crippen molar-refractivity contribution in [1.29, 1.82) is 0 Å². The van der Waals surface area contributed by atoms with E-state index < -0.39 is 0 Å². The summed E-state index contributed by atoms with van der Waals surface area (Å²) in [4.78, 5) is 19.6. The van der Waals surface area contributed by atoms with Crippen LogP contribution in [0.25, 0.3) is 10.9 Å². The van der Waals surface area contributed by atoms with Crippen molar-refractivity contribution in [2.45, 2.75) is 25.5 Å². The van der Waals surface area contributed by atoms with E-state index in [1.165, 1.54) is 0 Å². The van der Waals surface area contributed by atoms with Crippen LogP contribution in [0.15, 0.2) is 28.2 Å². The number of benzene rings is 1. The van der Waals surface area contributed by atoms with Gasteiger partial charge in [0.1, 0.15) is 0 Å². The van der Waals surface area contributed by atoms with Crippen LogP contribution in [0.3, 0.4) is 0 Å². The van der Waals surface area contributed by atoms with Crippen LogP contribution in [0.2, 0.25) is 5.02 Å². The molecule has 1 heterocycles. The van der Waals surface area contributed by atoms with Gasteiger partial charge >= 0.3 is 0 Å². The van der Waals surface area contributed by atoms with Gasteiger partial charge in [0, 0.05) is 23.9 Å². The fourth-order valence-corrected chi connectivity index (χ4v) is 3.42. The van der Waals surface area contributed by atoms with Gasteiger partial charge in [0.25, 0.3) is 5.56 Å². The Labute approximate surface area is 140 Å². The van der Waals surface area contributed by atoms with Crippen LogP contribution in [0, 0.1) is 5.92 Å². The standard InChI is InChI=1S/C16H22ClN3OS/c1-11(2)10-20-15(21)13-9-12(17)5-6-14(13)18-16(20)22-8-7-19(3)4/h5-6,9,11H,7-8,10H2,1-4H3. The Morgan fingerprint density at radius 2 is 2.09 bits per heavy atom. The Morgan fingerprint density at radius 1 is 1.36 bits per heavy atom. The summed E-state index contributed by atoms with van der Waals surface area (Å²) in [7, 11) is 4.08. The van der Waals surface area contributed by atoms with Crippen LogP contribution >= 0.6 is 23.4 Å². The molecule has 0 unspecified atom stereocenters. The molecule has 0 aliphatic rings. The molecule has 0 saturated carbocycles. The van der Waals surface area contributed by atoms with E-state index in [1.54, 1.807) is 28.5 Å². The maximum absolute atomic E-state index is 12.8. The van der Waals surface area contributed by atoms with Crippen molar-refractivity contribution in [2.75, 3.05) is 26.4 Å². The predicted octanol–water partition coefficient (Wildman–Crippen LogP) is 3.36. The Balaban J connectivity index is 2.47. The summed E-state index contributed by atoms with van der Waals surface area (Å²) in [6, 6.07) is 5.30. The lowest BCUT2D eigenvalue weighted by Gasteiger charge is -2.16. The molecule has 120 valence electrons. The van der Waals surface area contributed by atoms with E-state index >= 15 is 0 Å². The van der Waals surface area contributed by atoms with E-state index in [4.69, 9.17) is 11.6 Å². The summed E-state index contributed by atoms with van der Waals surface area (Å²) >= 11 is 7.65. The van der Waals surface area contributed by atoms with Crippen molar-refractivity contribution in [3.63, 3.8) is 0 Å². The largest absolute Gasteiger partial charge is 0.309 e. The molecule has 0 saturated heterocycles. The Morgan fingerprint density at radius 3 is 2.73 bits per heavy atom. The molecule has 4 nitrogen and oxygen atoms in total. The van der Waals surface area contributed by atoms with Crippen LogP contribution in [0.5, 0.6) is 0 Å². The van der Waals surface area contributed by atoms with Crippen molar-refractivity contribution >= 4 is 34.3 Å². The minimum Gasteiger partial charge on any atom is -0.309 e. The molecule has 0 amide bonds. The predicted molar refractivity (Wildman–Crippen MR) is 95.1 cm³/mol. The molecule has 2 rings (SSSR count). The average molecular weight is 340 g/mol. The third kappa shape index (κ3) is 4.24. The van der Waals surface area contributed by atoms with Crippen LogP contribution in [-0.4, -0.2) is 40.8 Å². The normalized spacial score (nSPS) is 11.8. The zero-order chi connectivity index (χ0) is 16.3. The lowest BCUT2D eigenvalue weighted by atomic mass is 10.2. The first kappa shape index (κ1) is 17.3. The van der Waals surface area contributed by atoms with Crippen LogP contribution in [0.4, 0.5) is 0 Å². The number of hydrogen-bond donors (Lipinski definition) is 0. The van der Waals surface area contributed by atoms with Crippen molar-refractivity contribution in [3.8, 4) is 0 Å². The molecule has 22 heavy (non-hydrogen) atoms. The van der Waals surface area contributed by atoms with Crippen molar-refractivity contribution < 1.29 is 0 Å². The maximum Gasteiger partial charge on any atom is 0.262 e. The van der Waals surface area contributed by atoms with E-state index in [9.17, 15) is 4.79 Å². The highest BCUT2D eigenvalue weighted by atomic mass is 35.5. The Hall–Kier alpha value is -1.04. The minimum absolute atomic E-state index is 0.00597. The number of halogens is 1. The smallest absolute Gasteiger partial charge is 0.262 e. The molecule has 1 aromatic heterocycles. The molecule has 0 bridgehead atoms. The lowest BCUT2D eigenvalue weighted by molar-refractivity contribution is 0.436. The molecular formula is C16H22ClN3OS. The van der Waals surface area contributed by atoms with Gasteiger partial charge < -0.3 is 4.90 Å². The second-order valence-corrected chi connectivity index (χ2v) is 7.52. The number of hydrogen-bond acceptors (Lipinski definition) is 4. The number of thioether (sulfide) groups is 1. The van der Waals surface area contributed by atoms with Crippen molar-refractivity contribution in [3.05, 3.63) is 33.6 Å². The summed E-state index contributed by atoms with van der Waals surface area (Å²) in [5.41, 5.74) is 0.704. The molecule has 0 aliphatic heterocycles. The van der Waals surface area contributed by atoms with Crippen LogP contribution in [-0.2, 0) is 6.54 Å². The van der Waals surface area contributed by atoms with Crippen molar-refractivity contribution in [1.82, 2.24) is 14.5 Å². The number of rotatable bonds is 6. The second-order valence-electron chi connectivity index (χ2n) is 6.02. The third-order valence-corrected chi connectivity index (χ3v) is 4.39. The molecular weight excluding hydrogens is 318 g/mol. The molecule has 0 spiro atoms. The number of aromatic nitrogens is 2. The van der Waals surface area contributed by atoms with Crippen molar-refractivity contribution in [2.24, 2.45) is 5.92 Å². The van der Waals surface area contributed by atoms with Gasteiger partial charge in [-0.3, -0.25) is 9.36 Å². The zero-order valence-corrected chi connectivity index (χ0v) is 15.0. The monoisotopic (exact) mass is 339 g/mol. The quantitative estimate of drug-likeness (QED) is 0.597. The average Bonchev–Trinajstić information content (AvgIpc) is 2.43. The lowest BCUT2D eigenvalue weighted by Crippen LogP contribution is -2.26. The SMILES string of the molecule is CC(C)Cn1c(SCCN(C)C)nc2ccc(Cl)cc2c1=O. The molecule has 0 radical (unpaired) electrons. The highest BCUT2D eigenvalue weighted by Crippen LogP contribution is 2.21. The van der Waals surface area contributed by atoms with Gasteiger partial charge in [-0.15, -0.1) is 0 Å². The van der Waals surface area contributed by atoms with Gasteiger partial charge in [0.05, 0.1) is 10.9 Å². The highest BCUT2D eigenvalue weighted by molar-refractivity contribution is 7.99. The minimum atomic E-state index is -0.00597. The molecule has 2 aromatic rings. The molecule has 0 aliphatic carbocycles. The van der Waals surface area contributed by atoms with Gasteiger partial charge in [-0.25, -0.2) is 4.98 Å². The van der Waals surface area contributed by atoms with E-state index in [2.05, 4.69) is 23.7 Å². The van der Waals surface area contributed by atoms with Gasteiger partial charge in [-0.05, 0) is 38.2 Å². The van der Waals surface area contributed by atoms with Crippen LogP contribution < -0.4 is 5.56 Å². The molecule has 0 atom stereocenters. The van der Waals surface area contributed by atoms with E-state index in [0.717, 1.165) is 17.5 Å². The van der Waals surface area contributed by atoms with Gasteiger partial charge in [-0.2, -0.15) is 0 Å². The fraction of sp³-hybridized carbons (Fsp3) is 0.500. The topological polar surface area (TPSA) is 38.1 Å². The molecule has 0 N–H and O–H groups in total. The van der Waals surface area contributed by atoms with E-state index in [-0.39, 0.29) is 5.56 Å². The summed E-state index contributed by atoms with van der Waals surface area (Å²) in [6.45, 7) is 5.81. The maximum atomic E-state index is 12.8. The number of fused-ring (bicyclic) bond motifs is 1. The van der Waals surface area contributed by atoms with Crippen LogP contribution in [0.1, 0.15) is 13.8 Å². The summed E-state index contributed by atoms with van der Waals surface area (Å²) in [6.07, 6.45) is 0. The summed E-state index contributed by atoms with van der Waals surface area (Å²) in [5.74, 6) is 1.28. The summed E-state index contributed by atoms with van der Waals surface area (Å²) in [5, 5.41) is 1.94. The zero-order valence-electron chi connectivity index (χ0n) is 13.5. The van der Waals surface area contributed by atoms with Gasteiger partial charge in [0.2, 0.25) is 0 Å². The Bertz CT molecular complexity index is 712. The summed E-state index contributed by atoms with van der Waals surface area (Å²) < 4.78 is 1.78. The Kier molecular flexibility index (Phi) is 5.89. The van der Waals surface area contributed by atoms with Gasteiger partial charge in [-0.1, -0.05) is 37.2 Å². The third-order valence-electron chi connectivity index (χ3n) is 3.20. The first-order valence-electron chi connectivity index (χ1n) is 7.36. The van der Waals surface area contributed by atoms with E-state index in [0.29, 0.717) is 28.4 Å². The molecule has 1 aromatic carbocycles. The van der Waals surface area contributed by atoms with Gasteiger partial charge in [0.15, 0.2) is 5.16 Å². The first-order chi connectivity index (χ1) is 10.4. The number of nitrogens with zero attached hydrogens (tertiary/aromatic N) is 3.